The Morgan fingerprint density at radius 3 is 2.62 bits per heavy atom. The molecule has 10 heteroatoms. The lowest BCUT2D eigenvalue weighted by atomic mass is 9.98. The van der Waals surface area contributed by atoms with E-state index < -0.39 is 27.8 Å². The number of hydrogen-bond acceptors (Lipinski definition) is 6. The monoisotopic (exact) mass is 456 g/mol. The van der Waals surface area contributed by atoms with Crippen molar-refractivity contribution in [3.8, 4) is 0 Å². The molecule has 1 aliphatic rings. The van der Waals surface area contributed by atoms with Gasteiger partial charge >= 0.3 is 5.97 Å². The molecule has 0 atom stereocenters. The van der Waals surface area contributed by atoms with Gasteiger partial charge in [-0.05, 0) is 42.0 Å². The number of ether oxygens (including phenoxy) is 1. The van der Waals surface area contributed by atoms with Crippen LogP contribution in [0.5, 0.6) is 0 Å². The second kappa shape index (κ2) is 9.71. The van der Waals surface area contributed by atoms with Crippen LogP contribution < -0.4 is 5.32 Å². The van der Waals surface area contributed by atoms with Crippen molar-refractivity contribution in [1.82, 2.24) is 9.62 Å². The largest absolute Gasteiger partial charge is 0.455 e. The molecule has 0 unspecified atom stereocenters. The number of piperidine rings is 1. The van der Waals surface area contributed by atoms with Gasteiger partial charge in [0.25, 0.3) is 15.9 Å². The zero-order valence-electron chi connectivity index (χ0n) is 15.5. The van der Waals surface area contributed by atoms with E-state index in [-0.39, 0.29) is 26.2 Å². The maximum Gasteiger partial charge on any atom is 0.309 e. The van der Waals surface area contributed by atoms with E-state index in [9.17, 15) is 18.0 Å². The summed E-state index contributed by atoms with van der Waals surface area (Å²) in [4.78, 5) is 24.1. The van der Waals surface area contributed by atoms with Crippen LogP contribution >= 0.6 is 22.9 Å². The van der Waals surface area contributed by atoms with E-state index in [4.69, 9.17) is 16.3 Å². The van der Waals surface area contributed by atoms with Crippen molar-refractivity contribution in [2.24, 2.45) is 5.92 Å². The van der Waals surface area contributed by atoms with E-state index in [1.807, 2.05) is 6.07 Å². The number of nitrogens with one attached hydrogen (secondary N) is 1. The third-order valence-corrected chi connectivity index (χ3v) is 8.11. The number of halogens is 1. The third kappa shape index (κ3) is 5.79. The number of benzene rings is 1. The summed E-state index contributed by atoms with van der Waals surface area (Å²) in [6.07, 6.45) is 0.737. The predicted molar refractivity (Wildman–Crippen MR) is 110 cm³/mol. The van der Waals surface area contributed by atoms with Crippen LogP contribution in [0.3, 0.4) is 0 Å². The van der Waals surface area contributed by atoms with Crippen molar-refractivity contribution in [2.45, 2.75) is 23.6 Å². The Balaban J connectivity index is 1.41. The Morgan fingerprint density at radius 2 is 1.97 bits per heavy atom. The van der Waals surface area contributed by atoms with Crippen LogP contribution in [-0.2, 0) is 30.9 Å². The van der Waals surface area contributed by atoms with Crippen LogP contribution in [0.4, 0.5) is 0 Å². The quantitative estimate of drug-likeness (QED) is 0.646. The summed E-state index contributed by atoms with van der Waals surface area (Å²) in [6.45, 7) is 0.422. The smallest absolute Gasteiger partial charge is 0.309 e. The van der Waals surface area contributed by atoms with Crippen LogP contribution in [0.2, 0.25) is 5.02 Å². The number of carbonyl (C=O) groups is 2. The van der Waals surface area contributed by atoms with Crippen molar-refractivity contribution in [1.29, 1.82) is 0 Å². The highest BCUT2D eigenvalue weighted by Gasteiger charge is 2.33. The molecule has 7 nitrogen and oxygen atoms in total. The van der Waals surface area contributed by atoms with E-state index in [0.29, 0.717) is 22.1 Å². The lowest BCUT2D eigenvalue weighted by Gasteiger charge is -2.29. The fourth-order valence-corrected chi connectivity index (χ4v) is 5.85. The third-order valence-electron chi connectivity index (χ3n) is 4.60. The number of carbonyl (C=O) groups excluding carboxylic acids is 2. The highest BCUT2D eigenvalue weighted by atomic mass is 35.5. The fraction of sp³-hybridized carbons (Fsp3) is 0.368. The van der Waals surface area contributed by atoms with Crippen molar-refractivity contribution in [2.75, 3.05) is 19.7 Å². The van der Waals surface area contributed by atoms with Gasteiger partial charge in [0.15, 0.2) is 6.61 Å². The van der Waals surface area contributed by atoms with E-state index in [2.05, 4.69) is 5.32 Å². The molecule has 1 N–H and O–H groups in total. The Morgan fingerprint density at radius 1 is 1.21 bits per heavy atom. The van der Waals surface area contributed by atoms with Crippen LogP contribution in [0.25, 0.3) is 0 Å². The molecule has 156 valence electrons. The molecule has 29 heavy (non-hydrogen) atoms. The molecule has 0 bridgehead atoms. The van der Waals surface area contributed by atoms with Crippen molar-refractivity contribution in [3.05, 3.63) is 52.4 Å². The Labute approximate surface area is 178 Å². The van der Waals surface area contributed by atoms with Gasteiger partial charge in [-0.15, -0.1) is 11.3 Å². The van der Waals surface area contributed by atoms with Crippen LogP contribution in [0.1, 0.15) is 18.4 Å². The molecular formula is C19H21ClN2O5S2. The maximum absolute atomic E-state index is 12.5. The molecule has 0 aliphatic carbocycles. The summed E-state index contributed by atoms with van der Waals surface area (Å²) < 4.78 is 31.8. The van der Waals surface area contributed by atoms with Gasteiger partial charge < -0.3 is 10.1 Å². The van der Waals surface area contributed by atoms with E-state index >= 15 is 0 Å². The van der Waals surface area contributed by atoms with E-state index in [0.717, 1.165) is 5.56 Å². The molecule has 0 radical (unpaired) electrons. The fourth-order valence-electron chi connectivity index (χ4n) is 3.02. The highest BCUT2D eigenvalue weighted by molar-refractivity contribution is 7.91. The molecule has 1 fully saturated rings. The SMILES string of the molecule is O=C(COC(=O)C1CCN(S(=O)(=O)c2cccs2)CC1)NCc1cccc(Cl)c1. The topological polar surface area (TPSA) is 92.8 Å². The summed E-state index contributed by atoms with van der Waals surface area (Å²) in [6, 6.07) is 10.4. The molecule has 1 amide bonds. The highest BCUT2D eigenvalue weighted by Crippen LogP contribution is 2.26. The first kappa shape index (κ1) is 21.8. The average Bonchev–Trinajstić information content (AvgIpc) is 3.26. The minimum absolute atomic E-state index is 0.251. The van der Waals surface area contributed by atoms with Crippen LogP contribution in [0, 0.1) is 5.92 Å². The zero-order valence-corrected chi connectivity index (χ0v) is 17.9. The first-order chi connectivity index (χ1) is 13.9. The molecular weight excluding hydrogens is 436 g/mol. The van der Waals surface area contributed by atoms with E-state index in [1.165, 1.54) is 15.6 Å². The molecule has 0 saturated carbocycles. The minimum Gasteiger partial charge on any atom is -0.455 e. The van der Waals surface area contributed by atoms with Gasteiger partial charge in [0.2, 0.25) is 0 Å². The lowest BCUT2D eigenvalue weighted by Crippen LogP contribution is -2.40. The van der Waals surface area contributed by atoms with Gasteiger partial charge in [-0.3, -0.25) is 9.59 Å². The molecule has 1 saturated heterocycles. The lowest BCUT2D eigenvalue weighted by molar-refractivity contribution is -0.153. The van der Waals surface area contributed by atoms with Gasteiger partial charge in [-0.2, -0.15) is 4.31 Å². The number of nitrogens with zero attached hydrogens (tertiary/aromatic N) is 1. The average molecular weight is 457 g/mol. The molecule has 0 spiro atoms. The van der Waals surface area contributed by atoms with Crippen LogP contribution in [-0.4, -0.2) is 44.3 Å². The second-order valence-corrected chi connectivity index (χ2v) is 10.2. The standard InChI is InChI=1S/C19H21ClN2O5S2/c20-16-4-1-3-14(11-16)12-21-17(23)13-27-19(24)15-6-8-22(9-7-15)29(25,26)18-5-2-10-28-18/h1-5,10-11,15H,6-9,12-13H2,(H,21,23). The molecule has 1 aromatic carbocycles. The molecule has 2 aromatic rings. The van der Waals surface area contributed by atoms with Gasteiger partial charge in [-0.1, -0.05) is 29.8 Å². The van der Waals surface area contributed by atoms with Crippen molar-refractivity contribution >= 4 is 44.8 Å². The summed E-state index contributed by atoms with van der Waals surface area (Å²) in [5.41, 5.74) is 0.844. The van der Waals surface area contributed by atoms with Crippen molar-refractivity contribution < 1.29 is 22.7 Å². The van der Waals surface area contributed by atoms with E-state index in [1.54, 1.807) is 35.7 Å². The van der Waals surface area contributed by atoms with Gasteiger partial charge in [0, 0.05) is 24.7 Å². The Hall–Kier alpha value is -1.94. The Bertz CT molecular complexity index is 955. The van der Waals surface area contributed by atoms with Crippen LogP contribution in [0.15, 0.2) is 46.0 Å². The first-order valence-electron chi connectivity index (χ1n) is 9.07. The first-order valence-corrected chi connectivity index (χ1v) is 11.8. The molecule has 1 aliphatic heterocycles. The minimum atomic E-state index is -3.50. The van der Waals surface area contributed by atoms with Gasteiger partial charge in [0.1, 0.15) is 4.21 Å². The number of hydrogen-bond donors (Lipinski definition) is 1. The zero-order chi connectivity index (χ0) is 20.9. The predicted octanol–water partition coefficient (Wildman–Crippen LogP) is 2.66. The molecule has 2 heterocycles. The summed E-state index contributed by atoms with van der Waals surface area (Å²) in [7, 11) is -3.50. The number of amides is 1. The molecule has 1 aromatic heterocycles. The molecule has 3 rings (SSSR count). The normalized spacial score (nSPS) is 15.8. The summed E-state index contributed by atoms with van der Waals surface area (Å²) in [5, 5.41) is 4.96. The van der Waals surface area contributed by atoms with Crippen molar-refractivity contribution in [3.63, 3.8) is 0 Å². The second-order valence-electron chi connectivity index (χ2n) is 6.62. The number of sulfonamides is 1. The van der Waals surface area contributed by atoms with Gasteiger partial charge in [-0.25, -0.2) is 8.42 Å². The number of esters is 1. The Kier molecular flexibility index (Phi) is 7.28. The number of rotatable bonds is 7. The van der Waals surface area contributed by atoms with Gasteiger partial charge in [0.05, 0.1) is 5.92 Å². The summed E-state index contributed by atoms with van der Waals surface area (Å²) >= 11 is 7.07. The maximum atomic E-state index is 12.5. The summed E-state index contributed by atoms with van der Waals surface area (Å²) in [5.74, 6) is -1.29. The number of thiophene rings is 1.